The van der Waals surface area contributed by atoms with Crippen LogP contribution in [0.4, 0.5) is 4.79 Å². The number of aromatic amines is 1. The maximum atomic E-state index is 10.6. The van der Waals surface area contributed by atoms with Crippen molar-refractivity contribution in [3.63, 3.8) is 0 Å². The molecule has 0 fully saturated rings. The van der Waals surface area contributed by atoms with Crippen molar-refractivity contribution >= 4 is 6.16 Å². The average Bonchev–Trinajstić information content (AvgIpc) is 2.36. The summed E-state index contributed by atoms with van der Waals surface area (Å²) in [5.41, 5.74) is 1.68. The number of aryl methyl sites for hydroxylation is 1. The molecule has 0 unspecified atom stereocenters. The lowest BCUT2D eigenvalue weighted by Crippen LogP contribution is -2.08. The number of methoxy groups -OCH3 is 1. The molecule has 0 saturated carbocycles. The summed E-state index contributed by atoms with van der Waals surface area (Å²) in [6.45, 7) is 3.64. The summed E-state index contributed by atoms with van der Waals surface area (Å²) in [4.78, 5) is 10.6. The second kappa shape index (κ2) is 3.25. The molecule has 0 radical (unpaired) electrons. The lowest BCUT2D eigenvalue weighted by atomic mass is 10.3. The van der Waals surface area contributed by atoms with Gasteiger partial charge in [-0.3, -0.25) is 5.10 Å². The number of H-pyrrole nitrogens is 1. The van der Waals surface area contributed by atoms with Crippen LogP contribution in [0.25, 0.3) is 0 Å². The molecule has 0 aromatic carbocycles. The van der Waals surface area contributed by atoms with E-state index in [1.54, 1.807) is 6.92 Å². The standard InChI is InChI=1S/C7H10N2O3/c1-4-5(2)8-9-6(4)12-7(10)11-3/h1-3H3,(H,8,9). The van der Waals surface area contributed by atoms with Gasteiger partial charge in [-0.25, -0.2) is 4.79 Å². The van der Waals surface area contributed by atoms with Crippen molar-refractivity contribution in [3.05, 3.63) is 11.3 Å². The first kappa shape index (κ1) is 8.58. The van der Waals surface area contributed by atoms with Gasteiger partial charge in [0.15, 0.2) is 0 Å². The van der Waals surface area contributed by atoms with Crippen LogP contribution in [0, 0.1) is 13.8 Å². The zero-order valence-electron chi connectivity index (χ0n) is 7.17. The van der Waals surface area contributed by atoms with Crippen LogP contribution in [0.3, 0.4) is 0 Å². The molecule has 1 rings (SSSR count). The van der Waals surface area contributed by atoms with Gasteiger partial charge in [-0.2, -0.15) is 0 Å². The number of rotatable bonds is 1. The molecule has 1 heterocycles. The SMILES string of the molecule is COC(=O)Oc1n[nH]c(C)c1C. The van der Waals surface area contributed by atoms with E-state index in [-0.39, 0.29) is 5.88 Å². The number of carbonyl (C=O) groups is 1. The van der Waals surface area contributed by atoms with Gasteiger partial charge in [0.05, 0.1) is 7.11 Å². The van der Waals surface area contributed by atoms with Crippen LogP contribution in [0.1, 0.15) is 11.3 Å². The highest BCUT2D eigenvalue weighted by Gasteiger charge is 2.10. The first-order valence-corrected chi connectivity index (χ1v) is 3.42. The Morgan fingerprint density at radius 2 is 2.17 bits per heavy atom. The molecular formula is C7H10N2O3. The summed E-state index contributed by atoms with van der Waals surface area (Å²) >= 11 is 0. The summed E-state index contributed by atoms with van der Waals surface area (Å²) in [5.74, 6) is 0.263. The van der Waals surface area contributed by atoms with Gasteiger partial charge in [-0.1, -0.05) is 0 Å². The van der Waals surface area contributed by atoms with Crippen LogP contribution in [-0.4, -0.2) is 23.5 Å². The van der Waals surface area contributed by atoms with E-state index in [9.17, 15) is 4.79 Å². The largest absolute Gasteiger partial charge is 0.514 e. The average molecular weight is 170 g/mol. The minimum Gasteiger partial charge on any atom is -0.437 e. The van der Waals surface area contributed by atoms with Gasteiger partial charge in [-0.05, 0) is 13.8 Å². The van der Waals surface area contributed by atoms with Crippen LogP contribution < -0.4 is 4.74 Å². The molecule has 0 spiro atoms. The summed E-state index contributed by atoms with van der Waals surface area (Å²) < 4.78 is 9.01. The minimum absolute atomic E-state index is 0.263. The summed E-state index contributed by atoms with van der Waals surface area (Å²) in [5, 5.41) is 6.44. The molecule has 0 aliphatic rings. The number of nitrogens with one attached hydrogen (secondary N) is 1. The minimum atomic E-state index is -0.760. The Balaban J connectivity index is 2.76. The van der Waals surface area contributed by atoms with Crippen molar-refractivity contribution in [3.8, 4) is 5.88 Å². The van der Waals surface area contributed by atoms with Gasteiger partial charge in [-0.15, -0.1) is 5.10 Å². The molecule has 0 saturated heterocycles. The third-order valence-corrected chi connectivity index (χ3v) is 1.56. The highest BCUT2D eigenvalue weighted by molar-refractivity contribution is 5.63. The zero-order valence-corrected chi connectivity index (χ0v) is 7.17. The Hall–Kier alpha value is -1.52. The number of hydrogen-bond acceptors (Lipinski definition) is 4. The van der Waals surface area contributed by atoms with E-state index < -0.39 is 6.16 Å². The lowest BCUT2D eigenvalue weighted by Gasteiger charge is -1.98. The number of carbonyl (C=O) groups excluding carboxylic acids is 1. The molecule has 0 atom stereocenters. The number of ether oxygens (including phenoxy) is 2. The second-order valence-electron chi connectivity index (χ2n) is 2.33. The smallest absolute Gasteiger partial charge is 0.437 e. The Bertz CT molecular complexity index is 293. The number of nitrogens with zero attached hydrogens (tertiary/aromatic N) is 1. The Labute approximate surface area is 69.7 Å². The fraction of sp³-hybridized carbons (Fsp3) is 0.429. The normalized spacial score (nSPS) is 9.58. The molecule has 5 heteroatoms. The Kier molecular flexibility index (Phi) is 2.32. The highest BCUT2D eigenvalue weighted by Crippen LogP contribution is 2.16. The molecule has 0 amide bonds. The molecule has 12 heavy (non-hydrogen) atoms. The van der Waals surface area contributed by atoms with Crippen LogP contribution in [0.5, 0.6) is 5.88 Å². The predicted molar refractivity (Wildman–Crippen MR) is 41.1 cm³/mol. The fourth-order valence-electron chi connectivity index (χ4n) is 0.683. The van der Waals surface area contributed by atoms with Crippen LogP contribution >= 0.6 is 0 Å². The summed E-state index contributed by atoms with van der Waals surface area (Å²) in [6, 6.07) is 0. The topological polar surface area (TPSA) is 64.2 Å². The lowest BCUT2D eigenvalue weighted by molar-refractivity contribution is 0.119. The second-order valence-corrected chi connectivity index (χ2v) is 2.33. The molecule has 1 aromatic rings. The number of aromatic nitrogens is 2. The van der Waals surface area contributed by atoms with Crippen LogP contribution in [0.15, 0.2) is 0 Å². The van der Waals surface area contributed by atoms with Crippen LogP contribution in [-0.2, 0) is 4.74 Å². The third kappa shape index (κ3) is 1.55. The van der Waals surface area contributed by atoms with Crippen molar-refractivity contribution in [1.29, 1.82) is 0 Å². The van der Waals surface area contributed by atoms with Crippen molar-refractivity contribution in [1.82, 2.24) is 10.2 Å². The predicted octanol–water partition coefficient (Wildman–Crippen LogP) is 1.17. The van der Waals surface area contributed by atoms with Crippen molar-refractivity contribution in [2.75, 3.05) is 7.11 Å². The van der Waals surface area contributed by atoms with E-state index in [0.29, 0.717) is 0 Å². The molecular weight excluding hydrogens is 160 g/mol. The molecule has 1 aromatic heterocycles. The van der Waals surface area contributed by atoms with Gasteiger partial charge in [0, 0.05) is 11.3 Å². The maximum absolute atomic E-state index is 10.6. The van der Waals surface area contributed by atoms with Gasteiger partial charge in [0.25, 0.3) is 0 Å². The van der Waals surface area contributed by atoms with E-state index in [2.05, 4.69) is 14.9 Å². The molecule has 0 aliphatic heterocycles. The van der Waals surface area contributed by atoms with Crippen molar-refractivity contribution < 1.29 is 14.3 Å². The van der Waals surface area contributed by atoms with Gasteiger partial charge >= 0.3 is 6.16 Å². The monoisotopic (exact) mass is 170 g/mol. The maximum Gasteiger partial charge on any atom is 0.514 e. The van der Waals surface area contributed by atoms with Gasteiger partial charge in [0.2, 0.25) is 5.88 Å². The van der Waals surface area contributed by atoms with Crippen molar-refractivity contribution in [2.45, 2.75) is 13.8 Å². The fourth-order valence-corrected chi connectivity index (χ4v) is 0.683. The molecule has 0 aliphatic carbocycles. The molecule has 5 nitrogen and oxygen atoms in total. The van der Waals surface area contributed by atoms with Gasteiger partial charge < -0.3 is 9.47 Å². The first-order chi connectivity index (χ1) is 5.65. The van der Waals surface area contributed by atoms with E-state index in [0.717, 1.165) is 11.3 Å². The highest BCUT2D eigenvalue weighted by atomic mass is 16.7. The van der Waals surface area contributed by atoms with Gasteiger partial charge in [0.1, 0.15) is 0 Å². The molecule has 1 N–H and O–H groups in total. The van der Waals surface area contributed by atoms with Crippen LogP contribution in [0.2, 0.25) is 0 Å². The molecule has 0 bridgehead atoms. The Morgan fingerprint density at radius 1 is 1.50 bits per heavy atom. The summed E-state index contributed by atoms with van der Waals surface area (Å²) in [6.07, 6.45) is -0.760. The number of hydrogen-bond donors (Lipinski definition) is 1. The van der Waals surface area contributed by atoms with E-state index >= 15 is 0 Å². The summed E-state index contributed by atoms with van der Waals surface area (Å²) in [7, 11) is 1.25. The van der Waals surface area contributed by atoms with Crippen molar-refractivity contribution in [2.24, 2.45) is 0 Å². The zero-order chi connectivity index (χ0) is 9.14. The van der Waals surface area contributed by atoms with E-state index in [4.69, 9.17) is 4.74 Å². The Morgan fingerprint density at radius 3 is 2.58 bits per heavy atom. The quantitative estimate of drug-likeness (QED) is 0.642. The molecule has 66 valence electrons. The van der Waals surface area contributed by atoms with E-state index in [1.165, 1.54) is 7.11 Å². The van der Waals surface area contributed by atoms with E-state index in [1.807, 2.05) is 6.92 Å². The third-order valence-electron chi connectivity index (χ3n) is 1.56. The first-order valence-electron chi connectivity index (χ1n) is 3.42.